The van der Waals surface area contributed by atoms with Gasteiger partial charge < -0.3 is 4.90 Å². The second-order valence-corrected chi connectivity index (χ2v) is 10.4. The molecule has 1 unspecified atom stereocenters. The molecule has 1 atom stereocenters. The molecule has 37 heavy (non-hydrogen) atoms. The van der Waals surface area contributed by atoms with Gasteiger partial charge in [-0.25, -0.2) is 0 Å². The molecule has 5 heteroatoms. The summed E-state index contributed by atoms with van der Waals surface area (Å²) in [6.45, 7) is 5.38. The van der Waals surface area contributed by atoms with Gasteiger partial charge in [0.2, 0.25) is 0 Å². The van der Waals surface area contributed by atoms with Gasteiger partial charge in [0, 0.05) is 27.1 Å². The first kappa shape index (κ1) is 25.2. The van der Waals surface area contributed by atoms with E-state index in [1.807, 2.05) is 16.9 Å². The number of benzene rings is 4. The molecular weight excluding hydrogens is 520 g/mol. The molecule has 0 amide bonds. The summed E-state index contributed by atoms with van der Waals surface area (Å²) < 4.78 is 0.982. The number of aromatic nitrogens is 3. The SMILES string of the molecule is CCCCC(CC)Cn1nc2c(Br)ccc(-c3ccc(N(c4ccccc4)c4ccccc4)cc3)c2n1. The molecule has 0 aliphatic rings. The minimum absolute atomic E-state index is 0.602. The third-order valence-electron chi connectivity index (χ3n) is 6.96. The molecule has 0 N–H and O–H groups in total. The molecule has 1 aromatic heterocycles. The van der Waals surface area contributed by atoms with E-state index < -0.39 is 0 Å². The predicted octanol–water partition coefficient (Wildman–Crippen LogP) is 9.55. The van der Waals surface area contributed by atoms with Gasteiger partial charge in [-0.05, 0) is 76.3 Å². The van der Waals surface area contributed by atoms with E-state index in [2.05, 4.69) is 120 Å². The van der Waals surface area contributed by atoms with Crippen LogP contribution in [0.4, 0.5) is 17.1 Å². The van der Waals surface area contributed by atoms with Crippen LogP contribution in [0.1, 0.15) is 39.5 Å². The Bertz CT molecular complexity index is 1390. The fourth-order valence-corrected chi connectivity index (χ4v) is 5.26. The summed E-state index contributed by atoms with van der Waals surface area (Å²) in [5, 5.41) is 9.83. The highest BCUT2D eigenvalue weighted by Gasteiger charge is 2.16. The van der Waals surface area contributed by atoms with Gasteiger partial charge in [0.25, 0.3) is 0 Å². The summed E-state index contributed by atoms with van der Waals surface area (Å²) >= 11 is 3.70. The molecule has 0 fully saturated rings. The molecule has 0 radical (unpaired) electrons. The van der Waals surface area contributed by atoms with Crippen molar-refractivity contribution in [3.8, 4) is 11.1 Å². The van der Waals surface area contributed by atoms with Gasteiger partial charge in [-0.3, -0.25) is 0 Å². The number of unbranched alkanes of at least 4 members (excludes halogenated alkanes) is 1. The minimum Gasteiger partial charge on any atom is -0.311 e. The van der Waals surface area contributed by atoms with Gasteiger partial charge in [-0.15, -0.1) is 0 Å². The lowest BCUT2D eigenvalue weighted by atomic mass is 10.00. The van der Waals surface area contributed by atoms with Crippen LogP contribution in [0.3, 0.4) is 0 Å². The van der Waals surface area contributed by atoms with Crippen molar-refractivity contribution in [1.29, 1.82) is 0 Å². The molecule has 5 aromatic rings. The number of nitrogens with zero attached hydrogens (tertiary/aromatic N) is 4. The molecule has 4 aromatic carbocycles. The molecule has 0 saturated carbocycles. The molecule has 0 aliphatic carbocycles. The Labute approximate surface area is 228 Å². The zero-order chi connectivity index (χ0) is 25.6. The van der Waals surface area contributed by atoms with Crippen LogP contribution in [0, 0.1) is 5.92 Å². The van der Waals surface area contributed by atoms with E-state index in [0.29, 0.717) is 5.92 Å². The van der Waals surface area contributed by atoms with E-state index in [9.17, 15) is 0 Å². The molecule has 0 bridgehead atoms. The maximum absolute atomic E-state index is 4.96. The van der Waals surface area contributed by atoms with Crippen molar-refractivity contribution < 1.29 is 0 Å². The van der Waals surface area contributed by atoms with Gasteiger partial charge in [-0.1, -0.05) is 87.7 Å². The van der Waals surface area contributed by atoms with E-state index in [4.69, 9.17) is 10.2 Å². The van der Waals surface area contributed by atoms with Crippen molar-refractivity contribution >= 4 is 44.0 Å². The second kappa shape index (κ2) is 11.7. The van der Waals surface area contributed by atoms with E-state index in [1.165, 1.54) is 19.3 Å². The normalized spacial score (nSPS) is 12.1. The molecule has 0 aliphatic heterocycles. The zero-order valence-corrected chi connectivity index (χ0v) is 23.1. The highest BCUT2D eigenvalue weighted by molar-refractivity contribution is 9.10. The number of hydrogen-bond acceptors (Lipinski definition) is 3. The molecule has 0 spiro atoms. The highest BCUT2D eigenvalue weighted by Crippen LogP contribution is 2.37. The van der Waals surface area contributed by atoms with Crippen molar-refractivity contribution in [2.75, 3.05) is 4.90 Å². The molecule has 4 nitrogen and oxygen atoms in total. The van der Waals surface area contributed by atoms with Crippen LogP contribution in [0.15, 0.2) is 102 Å². The lowest BCUT2D eigenvalue weighted by Gasteiger charge is -2.25. The maximum atomic E-state index is 4.96. The molecular formula is C32H33BrN4. The average molecular weight is 554 g/mol. The third kappa shape index (κ3) is 5.62. The number of rotatable bonds is 10. The first-order valence-corrected chi connectivity index (χ1v) is 14.0. The van der Waals surface area contributed by atoms with Crippen LogP contribution in [-0.4, -0.2) is 15.0 Å². The Morgan fingerprint density at radius 2 is 1.32 bits per heavy atom. The van der Waals surface area contributed by atoms with E-state index in [1.54, 1.807) is 0 Å². The van der Waals surface area contributed by atoms with E-state index >= 15 is 0 Å². The largest absolute Gasteiger partial charge is 0.311 e. The molecule has 1 heterocycles. The van der Waals surface area contributed by atoms with Crippen LogP contribution in [0.2, 0.25) is 0 Å². The summed E-state index contributed by atoms with van der Waals surface area (Å²) in [5.74, 6) is 0.602. The predicted molar refractivity (Wildman–Crippen MR) is 159 cm³/mol. The van der Waals surface area contributed by atoms with Gasteiger partial charge in [-0.2, -0.15) is 15.0 Å². The number of hydrogen-bond donors (Lipinski definition) is 0. The summed E-state index contributed by atoms with van der Waals surface area (Å²) in [4.78, 5) is 4.18. The average Bonchev–Trinajstić information content (AvgIpc) is 3.38. The van der Waals surface area contributed by atoms with Crippen LogP contribution in [0.5, 0.6) is 0 Å². The smallest absolute Gasteiger partial charge is 0.128 e. The Kier molecular flexibility index (Phi) is 8.00. The van der Waals surface area contributed by atoms with E-state index in [0.717, 1.165) is 56.7 Å². The first-order chi connectivity index (χ1) is 18.2. The highest BCUT2D eigenvalue weighted by atomic mass is 79.9. The Balaban J connectivity index is 1.49. The Hall–Kier alpha value is -3.44. The fourth-order valence-electron chi connectivity index (χ4n) is 4.86. The van der Waals surface area contributed by atoms with Crippen LogP contribution >= 0.6 is 15.9 Å². The first-order valence-electron chi connectivity index (χ1n) is 13.2. The third-order valence-corrected chi connectivity index (χ3v) is 7.60. The standard InChI is InChI=1S/C32H33BrN4/c1-3-5-12-24(4-2)23-36-34-31-29(21-22-30(33)32(31)35-36)25-17-19-28(20-18-25)37(26-13-8-6-9-14-26)27-15-10-7-11-16-27/h6-11,13-22,24H,3-5,12,23H2,1-2H3. The number of para-hydroxylation sites is 2. The molecule has 0 saturated heterocycles. The summed E-state index contributed by atoms with van der Waals surface area (Å²) in [5.41, 5.74) is 7.46. The van der Waals surface area contributed by atoms with Gasteiger partial charge in [0.15, 0.2) is 0 Å². The van der Waals surface area contributed by atoms with Gasteiger partial charge in [0.1, 0.15) is 11.0 Å². The van der Waals surface area contributed by atoms with Crippen molar-refractivity contribution in [3.63, 3.8) is 0 Å². The van der Waals surface area contributed by atoms with Crippen molar-refractivity contribution in [3.05, 3.63) is 102 Å². The fraction of sp³-hybridized carbons (Fsp3) is 0.250. The van der Waals surface area contributed by atoms with Gasteiger partial charge >= 0.3 is 0 Å². The van der Waals surface area contributed by atoms with Crippen molar-refractivity contribution in [1.82, 2.24) is 15.0 Å². The number of fused-ring (bicyclic) bond motifs is 1. The van der Waals surface area contributed by atoms with E-state index in [-0.39, 0.29) is 0 Å². The summed E-state index contributed by atoms with van der Waals surface area (Å²) in [6, 6.07) is 33.9. The quantitative estimate of drug-likeness (QED) is 0.173. The lowest BCUT2D eigenvalue weighted by Crippen LogP contribution is -2.12. The Morgan fingerprint density at radius 1 is 0.730 bits per heavy atom. The van der Waals surface area contributed by atoms with Crippen LogP contribution in [0.25, 0.3) is 22.2 Å². The zero-order valence-electron chi connectivity index (χ0n) is 21.5. The topological polar surface area (TPSA) is 34.0 Å². The number of anilines is 3. The van der Waals surface area contributed by atoms with Crippen molar-refractivity contribution in [2.24, 2.45) is 5.92 Å². The molecule has 5 rings (SSSR count). The molecule has 188 valence electrons. The number of halogens is 1. The minimum atomic E-state index is 0.602. The Morgan fingerprint density at radius 3 is 1.92 bits per heavy atom. The van der Waals surface area contributed by atoms with Crippen molar-refractivity contribution in [2.45, 2.75) is 46.1 Å². The lowest BCUT2D eigenvalue weighted by molar-refractivity contribution is 0.351. The summed E-state index contributed by atoms with van der Waals surface area (Å²) in [6.07, 6.45) is 4.85. The monoisotopic (exact) mass is 552 g/mol. The maximum Gasteiger partial charge on any atom is 0.128 e. The van der Waals surface area contributed by atoms with Gasteiger partial charge in [0.05, 0.1) is 6.54 Å². The second-order valence-electron chi connectivity index (χ2n) is 9.52. The van der Waals surface area contributed by atoms with Crippen LogP contribution in [-0.2, 0) is 6.54 Å². The van der Waals surface area contributed by atoms with Crippen LogP contribution < -0.4 is 4.90 Å². The summed E-state index contributed by atoms with van der Waals surface area (Å²) in [7, 11) is 0.